The van der Waals surface area contributed by atoms with Gasteiger partial charge in [-0.15, -0.1) is 0 Å². The van der Waals surface area contributed by atoms with Crippen molar-refractivity contribution in [3.05, 3.63) is 66.2 Å². The number of amides is 3. The lowest BCUT2D eigenvalue weighted by Crippen LogP contribution is -2.47. The molecule has 2 aromatic carbocycles. The lowest BCUT2D eigenvalue weighted by Gasteiger charge is -2.35. The number of nitrogens with one attached hydrogen (secondary N) is 1. The lowest BCUT2D eigenvalue weighted by molar-refractivity contribution is -0.137. The second-order valence-electron chi connectivity index (χ2n) is 7.12. The van der Waals surface area contributed by atoms with Crippen molar-refractivity contribution in [1.29, 1.82) is 0 Å². The Morgan fingerprint density at radius 1 is 1.07 bits per heavy atom. The van der Waals surface area contributed by atoms with Gasteiger partial charge in [0.05, 0.1) is 12.0 Å². The molecule has 1 aliphatic heterocycles. The van der Waals surface area contributed by atoms with Gasteiger partial charge < -0.3 is 15.1 Å². The minimum absolute atomic E-state index is 0.00669. The van der Waals surface area contributed by atoms with Crippen molar-refractivity contribution >= 4 is 17.6 Å². The van der Waals surface area contributed by atoms with E-state index in [0.717, 1.165) is 24.1 Å². The van der Waals surface area contributed by atoms with Gasteiger partial charge in [0.1, 0.15) is 0 Å². The summed E-state index contributed by atoms with van der Waals surface area (Å²) < 4.78 is 0. The Hall–Kier alpha value is -2.82. The lowest BCUT2D eigenvalue weighted by atomic mass is 9.95. The number of urea groups is 1. The molecule has 1 saturated heterocycles. The summed E-state index contributed by atoms with van der Waals surface area (Å²) in [7, 11) is 1.85. The highest BCUT2D eigenvalue weighted by Crippen LogP contribution is 2.25. The minimum Gasteiger partial charge on any atom is -0.339 e. The molecule has 0 radical (unpaired) electrons. The van der Waals surface area contributed by atoms with Crippen LogP contribution in [0.25, 0.3) is 0 Å². The number of rotatable bonds is 4. The molecule has 5 heteroatoms. The first kappa shape index (κ1) is 19.0. The SMILES string of the molecule is CC(c1ccccc1)N(C)C(=O)C1CCCN(C(=O)Nc2ccccc2)C1. The summed E-state index contributed by atoms with van der Waals surface area (Å²) in [5, 5.41) is 2.91. The van der Waals surface area contributed by atoms with Crippen LogP contribution in [0.3, 0.4) is 0 Å². The van der Waals surface area contributed by atoms with Crippen LogP contribution in [-0.2, 0) is 4.79 Å². The fourth-order valence-electron chi connectivity index (χ4n) is 3.52. The first-order valence-corrected chi connectivity index (χ1v) is 9.49. The predicted molar refractivity (Wildman–Crippen MR) is 107 cm³/mol. The summed E-state index contributed by atoms with van der Waals surface area (Å²) in [4.78, 5) is 29.1. The number of hydrogen-bond donors (Lipinski definition) is 1. The van der Waals surface area contributed by atoms with E-state index in [1.54, 1.807) is 9.80 Å². The average molecular weight is 365 g/mol. The normalized spacial score (nSPS) is 17.9. The fraction of sp³-hybridized carbons (Fsp3) is 0.364. The zero-order valence-electron chi connectivity index (χ0n) is 16.0. The van der Waals surface area contributed by atoms with Crippen molar-refractivity contribution in [1.82, 2.24) is 9.80 Å². The summed E-state index contributed by atoms with van der Waals surface area (Å²) in [6.45, 7) is 3.18. The van der Waals surface area contributed by atoms with Gasteiger partial charge in [0, 0.05) is 25.8 Å². The van der Waals surface area contributed by atoms with Gasteiger partial charge in [0.15, 0.2) is 0 Å². The van der Waals surface area contributed by atoms with Crippen LogP contribution in [0.2, 0.25) is 0 Å². The highest BCUT2D eigenvalue weighted by atomic mass is 16.2. The third kappa shape index (κ3) is 4.67. The third-order valence-electron chi connectivity index (χ3n) is 5.29. The van der Waals surface area contributed by atoms with Crippen LogP contribution in [0.5, 0.6) is 0 Å². The van der Waals surface area contributed by atoms with E-state index < -0.39 is 0 Å². The molecule has 1 fully saturated rings. The zero-order chi connectivity index (χ0) is 19.2. The van der Waals surface area contributed by atoms with Crippen LogP contribution < -0.4 is 5.32 Å². The summed E-state index contributed by atoms with van der Waals surface area (Å²) in [6.07, 6.45) is 1.66. The standard InChI is InChI=1S/C22H27N3O2/c1-17(18-10-5-3-6-11-18)24(2)21(26)19-12-9-15-25(16-19)22(27)23-20-13-7-4-8-14-20/h3-8,10-11,13-14,17,19H,9,12,15-16H2,1-2H3,(H,23,27). The first-order chi connectivity index (χ1) is 13.1. The van der Waals surface area contributed by atoms with Crippen LogP contribution in [0.4, 0.5) is 10.5 Å². The molecule has 2 aromatic rings. The number of nitrogens with zero attached hydrogens (tertiary/aromatic N) is 2. The zero-order valence-corrected chi connectivity index (χ0v) is 16.0. The number of likely N-dealkylation sites (tertiary alicyclic amines) is 1. The number of benzene rings is 2. The Kier molecular flexibility index (Phi) is 6.12. The van der Waals surface area contributed by atoms with Crippen molar-refractivity contribution in [2.24, 2.45) is 5.92 Å². The van der Waals surface area contributed by atoms with E-state index >= 15 is 0 Å². The van der Waals surface area contributed by atoms with Gasteiger partial charge >= 0.3 is 6.03 Å². The van der Waals surface area contributed by atoms with Crippen molar-refractivity contribution in [2.75, 3.05) is 25.5 Å². The third-order valence-corrected chi connectivity index (χ3v) is 5.29. The Balaban J connectivity index is 1.61. The van der Waals surface area contributed by atoms with Gasteiger partial charge in [-0.2, -0.15) is 0 Å². The van der Waals surface area contributed by atoms with Gasteiger partial charge in [0.2, 0.25) is 5.91 Å². The van der Waals surface area contributed by atoms with Gasteiger partial charge in [-0.25, -0.2) is 4.79 Å². The number of hydrogen-bond acceptors (Lipinski definition) is 2. The molecule has 0 spiro atoms. The number of piperidine rings is 1. The van der Waals surface area contributed by atoms with E-state index in [0.29, 0.717) is 13.1 Å². The Labute approximate surface area is 161 Å². The molecule has 1 aliphatic rings. The maximum Gasteiger partial charge on any atom is 0.321 e. The van der Waals surface area contributed by atoms with Gasteiger partial charge in [-0.05, 0) is 37.5 Å². The van der Waals surface area contributed by atoms with E-state index in [-0.39, 0.29) is 23.9 Å². The molecule has 2 unspecified atom stereocenters. The summed E-state index contributed by atoms with van der Waals surface area (Å²) in [6, 6.07) is 19.3. The van der Waals surface area contributed by atoms with E-state index in [1.807, 2.05) is 74.6 Å². The molecular formula is C22H27N3O2. The predicted octanol–water partition coefficient (Wildman–Crippen LogP) is 4.15. The van der Waals surface area contributed by atoms with Crippen LogP contribution in [-0.4, -0.2) is 41.9 Å². The largest absolute Gasteiger partial charge is 0.339 e. The van der Waals surface area contributed by atoms with Crippen molar-refractivity contribution in [3.8, 4) is 0 Å². The van der Waals surface area contributed by atoms with E-state index in [9.17, 15) is 9.59 Å². The molecule has 142 valence electrons. The number of para-hydroxylation sites is 1. The molecular weight excluding hydrogens is 338 g/mol. The quantitative estimate of drug-likeness (QED) is 0.885. The molecule has 1 heterocycles. The van der Waals surface area contributed by atoms with E-state index in [1.165, 1.54) is 0 Å². The molecule has 1 N–H and O–H groups in total. The van der Waals surface area contributed by atoms with Crippen molar-refractivity contribution < 1.29 is 9.59 Å². The highest BCUT2D eigenvalue weighted by molar-refractivity contribution is 5.90. The Bertz CT molecular complexity index is 764. The van der Waals surface area contributed by atoms with Crippen molar-refractivity contribution in [2.45, 2.75) is 25.8 Å². The van der Waals surface area contributed by atoms with Crippen LogP contribution in [0.1, 0.15) is 31.4 Å². The molecule has 2 atom stereocenters. The molecule has 0 saturated carbocycles. The number of anilines is 1. The van der Waals surface area contributed by atoms with Crippen molar-refractivity contribution in [3.63, 3.8) is 0 Å². The minimum atomic E-state index is -0.156. The monoisotopic (exact) mass is 365 g/mol. The maximum absolute atomic E-state index is 13.0. The molecule has 0 aliphatic carbocycles. The van der Waals surface area contributed by atoms with E-state index in [2.05, 4.69) is 5.32 Å². The fourth-order valence-corrected chi connectivity index (χ4v) is 3.52. The van der Waals surface area contributed by atoms with E-state index in [4.69, 9.17) is 0 Å². The van der Waals surface area contributed by atoms with Crippen LogP contribution in [0, 0.1) is 5.92 Å². The molecule has 0 bridgehead atoms. The summed E-state index contributed by atoms with van der Waals surface area (Å²) in [5.41, 5.74) is 1.88. The summed E-state index contributed by atoms with van der Waals surface area (Å²) in [5.74, 6) is -0.0556. The van der Waals surface area contributed by atoms with Gasteiger partial charge in [0.25, 0.3) is 0 Å². The number of carbonyl (C=O) groups excluding carboxylic acids is 2. The molecule has 3 rings (SSSR count). The number of carbonyl (C=O) groups is 2. The second kappa shape index (κ2) is 8.71. The maximum atomic E-state index is 13.0. The van der Waals surface area contributed by atoms with Crippen LogP contribution in [0.15, 0.2) is 60.7 Å². The van der Waals surface area contributed by atoms with Crippen LogP contribution >= 0.6 is 0 Å². The molecule has 0 aromatic heterocycles. The first-order valence-electron chi connectivity index (χ1n) is 9.49. The smallest absolute Gasteiger partial charge is 0.321 e. The Morgan fingerprint density at radius 2 is 1.70 bits per heavy atom. The molecule has 3 amide bonds. The molecule has 5 nitrogen and oxygen atoms in total. The summed E-state index contributed by atoms with van der Waals surface area (Å²) >= 11 is 0. The average Bonchev–Trinajstić information content (AvgIpc) is 2.73. The highest BCUT2D eigenvalue weighted by Gasteiger charge is 2.31. The topological polar surface area (TPSA) is 52.7 Å². The molecule has 27 heavy (non-hydrogen) atoms. The van der Waals surface area contributed by atoms with Gasteiger partial charge in [-0.3, -0.25) is 4.79 Å². The second-order valence-corrected chi connectivity index (χ2v) is 7.12. The van der Waals surface area contributed by atoms with Gasteiger partial charge in [-0.1, -0.05) is 48.5 Å². The Morgan fingerprint density at radius 3 is 2.37 bits per heavy atom.